The highest BCUT2D eigenvalue weighted by atomic mass is 16.5. The van der Waals surface area contributed by atoms with Crippen molar-refractivity contribution in [2.45, 2.75) is 48.1 Å². The lowest BCUT2D eigenvalue weighted by Gasteiger charge is -2.06. The van der Waals surface area contributed by atoms with Crippen molar-refractivity contribution in [3.05, 3.63) is 42.0 Å². The minimum Gasteiger partial charge on any atom is -0.493 e. The largest absolute Gasteiger partial charge is 0.493 e. The first kappa shape index (κ1) is 20.6. The molecule has 0 spiro atoms. The third kappa shape index (κ3) is 3.78. The molecular weight excluding hydrogens is 312 g/mol. The first-order valence-corrected chi connectivity index (χ1v) is 9.15. The zero-order valence-corrected chi connectivity index (χ0v) is 16.2. The molecule has 25 heavy (non-hydrogen) atoms. The maximum atomic E-state index is 11.8. The van der Waals surface area contributed by atoms with Gasteiger partial charge >= 0.3 is 0 Å². The number of fused-ring (bicyclic) bond motifs is 3. The van der Waals surface area contributed by atoms with Crippen LogP contribution in [-0.2, 0) is 6.54 Å². The summed E-state index contributed by atoms with van der Waals surface area (Å²) in [4.78, 5) is 11.8. The molecule has 0 fully saturated rings. The minimum absolute atomic E-state index is 0.415. The lowest BCUT2D eigenvalue weighted by molar-refractivity contribution is 0.100. The number of ether oxygens (including phenoxy) is 1. The van der Waals surface area contributed by atoms with Crippen LogP contribution >= 0.6 is 0 Å². The number of rotatable bonds is 4. The van der Waals surface area contributed by atoms with E-state index >= 15 is 0 Å². The number of hydrogen-bond acceptors (Lipinski definition) is 2. The van der Waals surface area contributed by atoms with Crippen LogP contribution in [0.5, 0.6) is 5.75 Å². The first-order chi connectivity index (χ1) is 12.2. The van der Waals surface area contributed by atoms with E-state index in [-0.39, 0.29) is 0 Å². The van der Waals surface area contributed by atoms with Gasteiger partial charge in [0.2, 0.25) is 5.91 Å². The number of amides is 1. The van der Waals surface area contributed by atoms with Gasteiger partial charge in [-0.1, -0.05) is 39.8 Å². The van der Waals surface area contributed by atoms with Crippen LogP contribution in [0, 0.1) is 0 Å². The zero-order chi connectivity index (χ0) is 19.0. The lowest BCUT2D eigenvalue weighted by Crippen LogP contribution is -2.11. The highest BCUT2D eigenvalue weighted by Gasteiger charge is 2.18. The summed E-state index contributed by atoms with van der Waals surface area (Å²) in [7, 11) is 0. The van der Waals surface area contributed by atoms with Crippen molar-refractivity contribution in [1.82, 2.24) is 4.57 Å². The summed E-state index contributed by atoms with van der Waals surface area (Å²) < 4.78 is 7.93. The Balaban J connectivity index is 0.000000730. The van der Waals surface area contributed by atoms with Gasteiger partial charge in [0, 0.05) is 17.5 Å². The SMILES string of the molecule is CC.CC.CCOc1cccc2c1c1c(C(N)=O)cccc1n2CC. The van der Waals surface area contributed by atoms with E-state index in [1.165, 1.54) is 0 Å². The molecule has 0 radical (unpaired) electrons. The second-order valence-electron chi connectivity index (χ2n) is 4.89. The molecule has 0 bridgehead atoms. The summed E-state index contributed by atoms with van der Waals surface area (Å²) in [5.74, 6) is 0.378. The molecule has 1 aromatic heterocycles. The van der Waals surface area contributed by atoms with Crippen LogP contribution in [-0.4, -0.2) is 17.1 Å². The Morgan fingerprint density at radius 2 is 1.52 bits per heavy atom. The predicted octanol–water partition coefficient (Wildman–Crippen LogP) is 5.36. The number of nitrogens with zero attached hydrogens (tertiary/aromatic N) is 1. The second kappa shape index (κ2) is 9.72. The standard InChI is InChI=1S/C17H18N2O2.2C2H6/c1-3-19-12-8-5-7-11(17(18)20)15(12)16-13(19)9-6-10-14(16)21-4-2;2*1-2/h5-10H,3-4H2,1-2H3,(H2,18,20);2*1-2H3. The van der Waals surface area contributed by atoms with Crippen LogP contribution in [0.4, 0.5) is 0 Å². The summed E-state index contributed by atoms with van der Waals surface area (Å²) in [5.41, 5.74) is 8.17. The van der Waals surface area contributed by atoms with Gasteiger partial charge in [0.1, 0.15) is 5.75 Å². The lowest BCUT2D eigenvalue weighted by atomic mass is 10.1. The van der Waals surface area contributed by atoms with Crippen LogP contribution in [0.3, 0.4) is 0 Å². The van der Waals surface area contributed by atoms with Crippen molar-refractivity contribution in [2.75, 3.05) is 6.61 Å². The topological polar surface area (TPSA) is 57.2 Å². The highest BCUT2D eigenvalue weighted by molar-refractivity contribution is 6.19. The molecule has 3 aromatic rings. The van der Waals surface area contributed by atoms with Gasteiger partial charge in [0.15, 0.2) is 0 Å². The Morgan fingerprint density at radius 1 is 0.960 bits per heavy atom. The highest BCUT2D eigenvalue weighted by Crippen LogP contribution is 2.37. The fourth-order valence-corrected chi connectivity index (χ4v) is 2.98. The van der Waals surface area contributed by atoms with Crippen LogP contribution < -0.4 is 10.5 Å². The number of hydrogen-bond donors (Lipinski definition) is 1. The number of carbonyl (C=O) groups excluding carboxylic acids is 1. The summed E-state index contributed by atoms with van der Waals surface area (Å²) in [6, 6.07) is 11.6. The fraction of sp³-hybridized carbons (Fsp3) is 0.381. The molecule has 0 atom stereocenters. The van der Waals surface area contributed by atoms with E-state index in [4.69, 9.17) is 10.5 Å². The molecule has 0 aliphatic heterocycles. The van der Waals surface area contributed by atoms with Crippen LogP contribution in [0.2, 0.25) is 0 Å². The van der Waals surface area contributed by atoms with Gasteiger partial charge in [-0.3, -0.25) is 4.79 Å². The van der Waals surface area contributed by atoms with Crippen LogP contribution in [0.15, 0.2) is 36.4 Å². The molecule has 3 rings (SSSR count). The fourth-order valence-electron chi connectivity index (χ4n) is 2.98. The van der Waals surface area contributed by atoms with Gasteiger partial charge in [-0.05, 0) is 38.1 Å². The maximum absolute atomic E-state index is 11.8. The Bertz CT molecular complexity index is 835. The zero-order valence-electron chi connectivity index (χ0n) is 16.2. The molecule has 0 saturated heterocycles. The molecule has 0 saturated carbocycles. The molecule has 4 nitrogen and oxygen atoms in total. The molecule has 0 aliphatic rings. The molecule has 4 heteroatoms. The molecule has 2 N–H and O–H groups in total. The van der Waals surface area contributed by atoms with Crippen LogP contribution in [0.1, 0.15) is 51.9 Å². The average Bonchev–Trinajstić information content (AvgIpc) is 2.99. The number of nitrogens with two attached hydrogens (primary N) is 1. The van der Waals surface area contributed by atoms with Crippen molar-refractivity contribution in [3.8, 4) is 5.75 Å². The van der Waals surface area contributed by atoms with E-state index in [1.807, 2.05) is 65.0 Å². The Hall–Kier alpha value is -2.49. The number of carbonyl (C=O) groups is 1. The Kier molecular flexibility index (Phi) is 7.99. The molecule has 1 amide bonds. The van der Waals surface area contributed by atoms with Crippen molar-refractivity contribution < 1.29 is 9.53 Å². The molecule has 2 aromatic carbocycles. The van der Waals surface area contributed by atoms with E-state index in [0.29, 0.717) is 12.2 Å². The van der Waals surface area contributed by atoms with E-state index in [9.17, 15) is 4.79 Å². The van der Waals surface area contributed by atoms with E-state index in [1.54, 1.807) is 6.07 Å². The van der Waals surface area contributed by atoms with E-state index < -0.39 is 5.91 Å². The molecular formula is C21H30N2O2. The van der Waals surface area contributed by atoms with Gasteiger partial charge in [0.05, 0.1) is 23.0 Å². The van der Waals surface area contributed by atoms with Crippen molar-refractivity contribution in [2.24, 2.45) is 5.73 Å². The molecule has 136 valence electrons. The normalized spacial score (nSPS) is 9.84. The average molecular weight is 342 g/mol. The van der Waals surface area contributed by atoms with Gasteiger partial charge in [-0.2, -0.15) is 0 Å². The van der Waals surface area contributed by atoms with Crippen molar-refractivity contribution >= 4 is 27.7 Å². The summed E-state index contributed by atoms with van der Waals surface area (Å²) in [6.45, 7) is 13.4. The van der Waals surface area contributed by atoms with Gasteiger partial charge in [0.25, 0.3) is 0 Å². The minimum atomic E-state index is -0.415. The summed E-state index contributed by atoms with van der Waals surface area (Å²) in [5, 5.41) is 1.84. The first-order valence-electron chi connectivity index (χ1n) is 9.15. The molecule has 0 unspecified atom stereocenters. The quantitative estimate of drug-likeness (QED) is 0.693. The number of primary amides is 1. The van der Waals surface area contributed by atoms with Crippen molar-refractivity contribution in [3.63, 3.8) is 0 Å². The third-order valence-corrected chi connectivity index (χ3v) is 3.76. The third-order valence-electron chi connectivity index (χ3n) is 3.76. The van der Waals surface area contributed by atoms with E-state index in [0.717, 1.165) is 34.1 Å². The van der Waals surface area contributed by atoms with Gasteiger partial charge in [-0.25, -0.2) is 0 Å². The molecule has 1 heterocycles. The smallest absolute Gasteiger partial charge is 0.249 e. The van der Waals surface area contributed by atoms with Crippen LogP contribution in [0.25, 0.3) is 21.8 Å². The Labute approximate surface area is 150 Å². The number of aryl methyl sites for hydroxylation is 1. The monoisotopic (exact) mass is 342 g/mol. The predicted molar refractivity (Wildman–Crippen MR) is 108 cm³/mol. The maximum Gasteiger partial charge on any atom is 0.249 e. The molecule has 0 aliphatic carbocycles. The van der Waals surface area contributed by atoms with Gasteiger partial charge < -0.3 is 15.0 Å². The van der Waals surface area contributed by atoms with Gasteiger partial charge in [-0.15, -0.1) is 0 Å². The Morgan fingerprint density at radius 3 is 2.04 bits per heavy atom. The second-order valence-corrected chi connectivity index (χ2v) is 4.89. The summed E-state index contributed by atoms with van der Waals surface area (Å²) >= 11 is 0. The van der Waals surface area contributed by atoms with E-state index in [2.05, 4.69) is 11.5 Å². The number of benzene rings is 2. The van der Waals surface area contributed by atoms with Crippen molar-refractivity contribution in [1.29, 1.82) is 0 Å². The number of aromatic nitrogens is 1. The summed E-state index contributed by atoms with van der Waals surface area (Å²) in [6.07, 6.45) is 0.